The van der Waals surface area contributed by atoms with E-state index in [1.807, 2.05) is 0 Å². The van der Waals surface area contributed by atoms with E-state index in [9.17, 15) is 4.79 Å². The molecule has 11 heteroatoms. The maximum atomic E-state index is 11.4. The van der Waals surface area contributed by atoms with Crippen LogP contribution >= 0.6 is 23.2 Å². The summed E-state index contributed by atoms with van der Waals surface area (Å²) in [5.41, 5.74) is 14.1. The fourth-order valence-corrected chi connectivity index (χ4v) is 4.36. The van der Waals surface area contributed by atoms with Crippen molar-refractivity contribution in [3.05, 3.63) is 40.3 Å². The van der Waals surface area contributed by atoms with Gasteiger partial charge < -0.3 is 26.1 Å². The molecular formula is C19H17Cl2N7O2. The number of piperidine rings is 1. The topological polar surface area (TPSA) is 136 Å². The van der Waals surface area contributed by atoms with Gasteiger partial charge in [0.2, 0.25) is 5.91 Å². The number of halogens is 2. The average molecular weight is 446 g/mol. The number of ether oxygens (including phenoxy) is 1. The minimum atomic E-state index is -0.605. The lowest BCUT2D eigenvalue weighted by atomic mass is 10.3. The number of hydrogen-bond acceptors (Lipinski definition) is 7. The Labute approximate surface area is 181 Å². The second kappa shape index (κ2) is 7.12. The number of carbonyl (C=O) groups is 1. The molecule has 1 saturated carbocycles. The molecule has 30 heavy (non-hydrogen) atoms. The van der Waals surface area contributed by atoms with Gasteiger partial charge in [0.15, 0.2) is 0 Å². The summed E-state index contributed by atoms with van der Waals surface area (Å²) in [5.74, 6) is 1.25. The van der Waals surface area contributed by atoms with Crippen LogP contribution in [0.2, 0.25) is 5.02 Å². The van der Waals surface area contributed by atoms with E-state index in [-0.39, 0.29) is 17.6 Å². The van der Waals surface area contributed by atoms with Crippen LogP contribution < -0.4 is 21.1 Å². The number of primary amides is 1. The summed E-state index contributed by atoms with van der Waals surface area (Å²) in [6.07, 6.45) is 4.46. The summed E-state index contributed by atoms with van der Waals surface area (Å²) in [6.45, 7) is 1.58. The molecule has 9 nitrogen and oxygen atoms in total. The van der Waals surface area contributed by atoms with Gasteiger partial charge in [-0.3, -0.25) is 9.78 Å². The highest BCUT2D eigenvalue weighted by molar-refractivity contribution is 6.38. The van der Waals surface area contributed by atoms with Gasteiger partial charge in [-0.05, 0) is 24.0 Å². The molecule has 5 rings (SSSR count). The van der Waals surface area contributed by atoms with Crippen LogP contribution in [0.4, 0.5) is 5.82 Å². The third-order valence-electron chi connectivity index (χ3n) is 5.57. The number of amides is 1. The Hall–Kier alpha value is -2.88. The quantitative estimate of drug-likeness (QED) is 0.548. The molecule has 2 aliphatic rings. The first-order valence-corrected chi connectivity index (χ1v) is 10.1. The molecule has 1 aliphatic carbocycles. The number of rotatable bonds is 5. The van der Waals surface area contributed by atoms with Crippen molar-refractivity contribution >= 4 is 52.0 Å². The molecule has 3 aromatic heterocycles. The molecule has 2 unspecified atom stereocenters. The fraction of sp³-hybridized carbons (Fsp3) is 0.263. The lowest BCUT2D eigenvalue weighted by Gasteiger charge is -2.21. The average Bonchev–Trinajstić information content (AvgIpc) is 3.07. The first-order chi connectivity index (χ1) is 14.5. The summed E-state index contributed by atoms with van der Waals surface area (Å²) in [6, 6.07) is 1.81. The van der Waals surface area contributed by atoms with E-state index in [0.29, 0.717) is 45.2 Å². The van der Waals surface area contributed by atoms with E-state index < -0.39 is 5.91 Å². The smallest absolute Gasteiger partial charge is 0.326 e. The number of carbonyl (C=O) groups excluding carboxylic acids is 1. The van der Waals surface area contributed by atoms with E-state index in [0.717, 1.165) is 13.1 Å². The molecular weight excluding hydrogens is 429 g/mol. The van der Waals surface area contributed by atoms with Crippen molar-refractivity contribution in [1.82, 2.24) is 19.9 Å². The number of pyridine rings is 1. The normalized spacial score (nSPS) is 22.6. The van der Waals surface area contributed by atoms with Gasteiger partial charge in [0, 0.05) is 30.9 Å². The highest BCUT2D eigenvalue weighted by Crippen LogP contribution is 2.47. The van der Waals surface area contributed by atoms with Crippen molar-refractivity contribution in [2.24, 2.45) is 23.3 Å². The molecule has 1 saturated heterocycles. The summed E-state index contributed by atoms with van der Waals surface area (Å²) in [5, 5.41) is 1.17. The van der Waals surface area contributed by atoms with Gasteiger partial charge in [0.05, 0.1) is 27.9 Å². The molecule has 0 spiro atoms. The Balaban J connectivity index is 1.57. The molecule has 4 heterocycles. The van der Waals surface area contributed by atoms with Gasteiger partial charge in [0.25, 0.3) is 0 Å². The summed E-state index contributed by atoms with van der Waals surface area (Å²) >= 11 is 12.3. The minimum Gasteiger partial charge on any atom is -0.423 e. The number of nitrogens with zero attached hydrogens (tertiary/aromatic N) is 4. The second-order valence-electron chi connectivity index (χ2n) is 7.38. The molecule has 2 atom stereocenters. The SMILES string of the molecule is NC(=O)c1cncc(Oc2nc(N3CC4C(N)C4C3)c3c(Cl)c(/C=C/Cl)[nH]c3n2)c1. The molecule has 3 aromatic rings. The highest BCUT2D eigenvalue weighted by atomic mass is 35.5. The number of aromatic nitrogens is 4. The van der Waals surface area contributed by atoms with Crippen molar-refractivity contribution in [3.8, 4) is 11.8 Å². The van der Waals surface area contributed by atoms with Crippen LogP contribution in [0.3, 0.4) is 0 Å². The van der Waals surface area contributed by atoms with Gasteiger partial charge in [-0.2, -0.15) is 9.97 Å². The standard InChI is InChI=1S/C19H17Cl2N7O2/c20-2-1-12-14(21)13-17(25-12)26-19(30-9-3-8(16(23)29)4-24-5-9)27-18(13)28-6-10-11(7-28)15(10)22/h1-5,10-11,15H,6-7,22H2,(H2,23,29)(H,25,26,27)/b2-1+. The van der Waals surface area contributed by atoms with Crippen LogP contribution in [0.15, 0.2) is 24.0 Å². The third-order valence-corrected chi connectivity index (χ3v) is 6.09. The Morgan fingerprint density at radius 1 is 1.30 bits per heavy atom. The fourth-order valence-electron chi connectivity index (χ4n) is 3.95. The number of fused-ring (bicyclic) bond motifs is 2. The van der Waals surface area contributed by atoms with Gasteiger partial charge in [-0.25, -0.2) is 0 Å². The van der Waals surface area contributed by atoms with Crippen LogP contribution in [-0.2, 0) is 0 Å². The zero-order valence-corrected chi connectivity index (χ0v) is 17.1. The van der Waals surface area contributed by atoms with Crippen LogP contribution in [-0.4, -0.2) is 45.0 Å². The molecule has 2 fully saturated rings. The van der Waals surface area contributed by atoms with Crippen molar-refractivity contribution in [1.29, 1.82) is 0 Å². The molecule has 0 aromatic carbocycles. The van der Waals surface area contributed by atoms with Crippen molar-refractivity contribution in [2.75, 3.05) is 18.0 Å². The lowest BCUT2D eigenvalue weighted by molar-refractivity contribution is 0.0999. The molecule has 1 amide bonds. The van der Waals surface area contributed by atoms with Gasteiger partial charge in [-0.15, -0.1) is 0 Å². The van der Waals surface area contributed by atoms with Crippen LogP contribution in [0.1, 0.15) is 16.1 Å². The largest absolute Gasteiger partial charge is 0.423 e. The number of aromatic amines is 1. The van der Waals surface area contributed by atoms with Crippen molar-refractivity contribution < 1.29 is 9.53 Å². The van der Waals surface area contributed by atoms with Crippen LogP contribution in [0.5, 0.6) is 11.8 Å². The lowest BCUT2D eigenvalue weighted by Crippen LogP contribution is -2.29. The summed E-state index contributed by atoms with van der Waals surface area (Å²) in [7, 11) is 0. The number of nitrogens with one attached hydrogen (secondary N) is 1. The van der Waals surface area contributed by atoms with Crippen LogP contribution in [0, 0.1) is 11.8 Å². The molecule has 1 aliphatic heterocycles. The van der Waals surface area contributed by atoms with E-state index in [1.165, 1.54) is 24.0 Å². The van der Waals surface area contributed by atoms with Crippen molar-refractivity contribution in [2.45, 2.75) is 6.04 Å². The number of H-pyrrole nitrogens is 1. The Morgan fingerprint density at radius 3 is 2.77 bits per heavy atom. The van der Waals surface area contributed by atoms with Crippen molar-refractivity contribution in [3.63, 3.8) is 0 Å². The van der Waals surface area contributed by atoms with Gasteiger partial charge in [0.1, 0.15) is 17.2 Å². The van der Waals surface area contributed by atoms with E-state index in [2.05, 4.69) is 24.8 Å². The second-order valence-corrected chi connectivity index (χ2v) is 8.01. The Bertz CT molecular complexity index is 1180. The zero-order chi connectivity index (χ0) is 21.0. The molecule has 154 valence electrons. The molecule has 5 N–H and O–H groups in total. The maximum Gasteiger partial charge on any atom is 0.326 e. The van der Waals surface area contributed by atoms with Gasteiger partial charge in [-0.1, -0.05) is 23.2 Å². The summed E-state index contributed by atoms with van der Waals surface area (Å²) < 4.78 is 5.79. The predicted octanol–water partition coefficient (Wildman–Crippen LogP) is 2.50. The van der Waals surface area contributed by atoms with Gasteiger partial charge >= 0.3 is 6.01 Å². The molecule has 0 bridgehead atoms. The first-order valence-electron chi connectivity index (χ1n) is 9.25. The minimum absolute atomic E-state index is 0.0881. The van der Waals surface area contributed by atoms with E-state index >= 15 is 0 Å². The number of anilines is 1. The number of hydrogen-bond donors (Lipinski definition) is 3. The highest BCUT2D eigenvalue weighted by Gasteiger charge is 2.54. The van der Waals surface area contributed by atoms with Crippen LogP contribution in [0.25, 0.3) is 17.1 Å². The zero-order valence-electron chi connectivity index (χ0n) is 15.5. The Kier molecular flexibility index (Phi) is 4.53. The Morgan fingerprint density at radius 2 is 2.07 bits per heavy atom. The predicted molar refractivity (Wildman–Crippen MR) is 114 cm³/mol. The third kappa shape index (κ3) is 3.15. The summed E-state index contributed by atoms with van der Waals surface area (Å²) in [4.78, 5) is 29.7. The van der Waals surface area contributed by atoms with E-state index in [1.54, 1.807) is 6.08 Å². The monoisotopic (exact) mass is 445 g/mol. The maximum absolute atomic E-state index is 11.4. The van der Waals surface area contributed by atoms with E-state index in [4.69, 9.17) is 39.4 Å². The number of nitrogens with two attached hydrogens (primary N) is 2. The first kappa shape index (κ1) is 19.1. The molecule has 0 radical (unpaired) electrons.